The number of carbonyl (C=O) groups is 1. The highest BCUT2D eigenvalue weighted by molar-refractivity contribution is 5.67. The molecular formula is C14H26N2O2. The second-order valence-electron chi connectivity index (χ2n) is 4.93. The minimum absolute atomic E-state index is 0.0311. The lowest BCUT2D eigenvalue weighted by atomic mass is 9.91. The van der Waals surface area contributed by atoms with Crippen LogP contribution in [0.15, 0.2) is 17.6 Å². The summed E-state index contributed by atoms with van der Waals surface area (Å²) in [5, 5.41) is 2.66. The first-order chi connectivity index (χ1) is 8.52. The number of amides is 1. The quantitative estimate of drug-likeness (QED) is 0.390. The van der Waals surface area contributed by atoms with E-state index in [2.05, 4.69) is 37.7 Å². The van der Waals surface area contributed by atoms with E-state index in [1.165, 1.54) is 0 Å². The van der Waals surface area contributed by atoms with Crippen LogP contribution < -0.4 is 5.32 Å². The zero-order valence-corrected chi connectivity index (χ0v) is 11.9. The third-order valence-electron chi connectivity index (χ3n) is 2.35. The second kappa shape index (κ2) is 9.68. The lowest BCUT2D eigenvalue weighted by Crippen LogP contribution is -2.27. The maximum Gasteiger partial charge on any atom is 0.407 e. The molecule has 104 valence electrons. The van der Waals surface area contributed by atoms with Gasteiger partial charge >= 0.3 is 6.09 Å². The number of hydrogen-bond donors (Lipinski definition) is 1. The molecule has 0 aliphatic heterocycles. The minimum Gasteiger partial charge on any atom is -0.450 e. The molecular weight excluding hydrogens is 228 g/mol. The number of aliphatic imine (C=N–C) groups is 1. The van der Waals surface area contributed by atoms with Gasteiger partial charge in [0, 0.05) is 18.2 Å². The van der Waals surface area contributed by atoms with E-state index in [0.717, 1.165) is 19.3 Å². The highest BCUT2D eigenvalue weighted by atomic mass is 16.5. The molecule has 0 saturated carbocycles. The molecule has 0 spiro atoms. The number of allylic oxidation sites excluding steroid dienone is 1. The number of carbonyl (C=O) groups excluding carboxylic acids is 1. The van der Waals surface area contributed by atoms with E-state index in [4.69, 9.17) is 4.74 Å². The van der Waals surface area contributed by atoms with Crippen molar-refractivity contribution in [1.82, 2.24) is 5.32 Å². The van der Waals surface area contributed by atoms with E-state index in [1.54, 1.807) is 0 Å². The molecule has 18 heavy (non-hydrogen) atoms. The molecule has 0 aliphatic rings. The number of hydrogen-bond acceptors (Lipinski definition) is 3. The van der Waals surface area contributed by atoms with Crippen molar-refractivity contribution in [3.05, 3.63) is 12.7 Å². The fourth-order valence-corrected chi connectivity index (χ4v) is 1.32. The Kier molecular flexibility index (Phi) is 8.97. The first kappa shape index (κ1) is 16.7. The summed E-state index contributed by atoms with van der Waals surface area (Å²) in [6.07, 6.45) is 6.26. The topological polar surface area (TPSA) is 50.7 Å². The van der Waals surface area contributed by atoms with Gasteiger partial charge in [-0.1, -0.05) is 33.3 Å². The molecule has 0 aromatic heterocycles. The van der Waals surface area contributed by atoms with Crippen molar-refractivity contribution in [1.29, 1.82) is 0 Å². The van der Waals surface area contributed by atoms with Crippen molar-refractivity contribution in [3.8, 4) is 0 Å². The number of unbranched alkanes of at least 4 members (excludes halogenated alkanes) is 1. The summed E-state index contributed by atoms with van der Waals surface area (Å²) in [4.78, 5) is 15.5. The van der Waals surface area contributed by atoms with E-state index in [9.17, 15) is 4.79 Å². The number of nitrogens with zero attached hydrogens (tertiary/aromatic N) is 1. The third-order valence-corrected chi connectivity index (χ3v) is 2.35. The van der Waals surface area contributed by atoms with Crippen molar-refractivity contribution < 1.29 is 9.53 Å². The second-order valence-corrected chi connectivity index (χ2v) is 4.93. The first-order valence-electron chi connectivity index (χ1n) is 6.54. The monoisotopic (exact) mass is 254 g/mol. The predicted molar refractivity (Wildman–Crippen MR) is 76.2 cm³/mol. The average Bonchev–Trinajstić information content (AvgIpc) is 2.28. The van der Waals surface area contributed by atoms with Crippen LogP contribution in [0.3, 0.4) is 0 Å². The van der Waals surface area contributed by atoms with Crippen molar-refractivity contribution in [3.63, 3.8) is 0 Å². The molecule has 4 nitrogen and oxygen atoms in total. The maximum absolute atomic E-state index is 11.2. The van der Waals surface area contributed by atoms with Crippen LogP contribution in [0.2, 0.25) is 0 Å². The summed E-state index contributed by atoms with van der Waals surface area (Å²) in [6.45, 7) is 11.5. The van der Waals surface area contributed by atoms with Gasteiger partial charge in [-0.05, 0) is 12.8 Å². The predicted octanol–water partition coefficient (Wildman–Crippen LogP) is 3.19. The highest BCUT2D eigenvalue weighted by Gasteiger charge is 2.11. The van der Waals surface area contributed by atoms with Crippen LogP contribution in [0.1, 0.15) is 40.0 Å². The Bertz CT molecular complexity index is 273. The minimum atomic E-state index is -0.357. The Morgan fingerprint density at radius 1 is 1.50 bits per heavy atom. The van der Waals surface area contributed by atoms with Gasteiger partial charge in [-0.25, -0.2) is 4.79 Å². The zero-order valence-electron chi connectivity index (χ0n) is 11.9. The smallest absolute Gasteiger partial charge is 0.407 e. The summed E-state index contributed by atoms with van der Waals surface area (Å²) >= 11 is 0. The van der Waals surface area contributed by atoms with Gasteiger partial charge < -0.3 is 10.1 Å². The molecule has 4 heteroatoms. The SMILES string of the molecule is C=CCC(C)(C)C=NCCNC(=O)OCCCC. The van der Waals surface area contributed by atoms with Crippen LogP contribution in [0, 0.1) is 5.41 Å². The maximum atomic E-state index is 11.2. The molecule has 0 saturated heterocycles. The fourth-order valence-electron chi connectivity index (χ4n) is 1.32. The number of ether oxygens (including phenoxy) is 1. The summed E-state index contributed by atoms with van der Waals surface area (Å²) in [5.41, 5.74) is 0.0311. The molecule has 0 aromatic carbocycles. The Balaban J connectivity index is 3.63. The van der Waals surface area contributed by atoms with E-state index in [-0.39, 0.29) is 11.5 Å². The standard InChI is InChI=1S/C14H26N2O2/c1-5-7-11-18-13(17)16-10-9-15-12-14(3,4)8-6-2/h6,12H,2,5,7-11H2,1,3-4H3,(H,16,17). The Morgan fingerprint density at radius 3 is 2.83 bits per heavy atom. The van der Waals surface area contributed by atoms with Gasteiger partial charge in [0.15, 0.2) is 0 Å². The molecule has 1 N–H and O–H groups in total. The molecule has 0 aliphatic carbocycles. The normalized spacial score (nSPS) is 11.5. The molecule has 0 unspecified atom stereocenters. The molecule has 0 fully saturated rings. The number of alkyl carbamates (subject to hydrolysis) is 1. The summed E-state index contributed by atoms with van der Waals surface area (Å²) in [6, 6.07) is 0. The van der Waals surface area contributed by atoms with Gasteiger partial charge in [0.05, 0.1) is 13.2 Å². The lowest BCUT2D eigenvalue weighted by Gasteiger charge is -2.16. The largest absolute Gasteiger partial charge is 0.450 e. The molecule has 0 bridgehead atoms. The van der Waals surface area contributed by atoms with E-state index in [0.29, 0.717) is 19.7 Å². The van der Waals surface area contributed by atoms with Crippen LogP contribution >= 0.6 is 0 Å². The van der Waals surface area contributed by atoms with Crippen LogP contribution in [0.4, 0.5) is 4.79 Å². The molecule has 0 rings (SSSR count). The van der Waals surface area contributed by atoms with Gasteiger partial charge in [0.2, 0.25) is 0 Å². The first-order valence-corrected chi connectivity index (χ1v) is 6.54. The third kappa shape index (κ3) is 9.87. The molecule has 0 atom stereocenters. The molecule has 1 amide bonds. The van der Waals surface area contributed by atoms with Crippen molar-refractivity contribution >= 4 is 12.3 Å². The van der Waals surface area contributed by atoms with Gasteiger partial charge in [-0.15, -0.1) is 6.58 Å². The summed E-state index contributed by atoms with van der Waals surface area (Å²) in [7, 11) is 0. The van der Waals surface area contributed by atoms with Crippen LogP contribution in [-0.2, 0) is 4.74 Å². The zero-order chi connectivity index (χ0) is 13.9. The van der Waals surface area contributed by atoms with Crippen molar-refractivity contribution in [2.75, 3.05) is 19.7 Å². The van der Waals surface area contributed by atoms with Crippen LogP contribution in [0.5, 0.6) is 0 Å². The number of nitrogens with one attached hydrogen (secondary N) is 1. The Morgan fingerprint density at radius 2 is 2.22 bits per heavy atom. The lowest BCUT2D eigenvalue weighted by molar-refractivity contribution is 0.145. The van der Waals surface area contributed by atoms with Crippen molar-refractivity contribution in [2.45, 2.75) is 40.0 Å². The van der Waals surface area contributed by atoms with Gasteiger partial charge in [0.25, 0.3) is 0 Å². The summed E-state index contributed by atoms with van der Waals surface area (Å²) in [5.74, 6) is 0. The fraction of sp³-hybridized carbons (Fsp3) is 0.714. The van der Waals surface area contributed by atoms with Crippen LogP contribution in [-0.4, -0.2) is 32.0 Å². The van der Waals surface area contributed by atoms with Crippen LogP contribution in [0.25, 0.3) is 0 Å². The van der Waals surface area contributed by atoms with E-state index < -0.39 is 0 Å². The van der Waals surface area contributed by atoms with E-state index >= 15 is 0 Å². The Hall–Kier alpha value is -1.32. The van der Waals surface area contributed by atoms with Gasteiger partial charge in [-0.2, -0.15) is 0 Å². The molecule has 0 heterocycles. The molecule has 0 aromatic rings. The Labute approximate surface area is 111 Å². The number of rotatable bonds is 9. The van der Waals surface area contributed by atoms with Gasteiger partial charge in [-0.3, -0.25) is 4.99 Å². The van der Waals surface area contributed by atoms with Crippen molar-refractivity contribution in [2.24, 2.45) is 10.4 Å². The average molecular weight is 254 g/mol. The molecule has 0 radical (unpaired) electrons. The highest BCUT2D eigenvalue weighted by Crippen LogP contribution is 2.17. The van der Waals surface area contributed by atoms with Gasteiger partial charge in [0.1, 0.15) is 0 Å². The summed E-state index contributed by atoms with van der Waals surface area (Å²) < 4.78 is 4.95. The van der Waals surface area contributed by atoms with E-state index in [1.807, 2.05) is 12.3 Å².